The van der Waals surface area contributed by atoms with Crippen LogP contribution in [0, 0.1) is 5.82 Å². The fourth-order valence-corrected chi connectivity index (χ4v) is 3.13. The van der Waals surface area contributed by atoms with Gasteiger partial charge in [-0.05, 0) is 31.2 Å². The molecule has 1 aliphatic heterocycles. The van der Waals surface area contributed by atoms with Crippen LogP contribution < -0.4 is 14.4 Å². The molecule has 1 amide bonds. The van der Waals surface area contributed by atoms with Crippen LogP contribution in [-0.4, -0.2) is 35.3 Å². The molecule has 7 nitrogen and oxygen atoms in total. The average molecular weight is 458 g/mol. The van der Waals surface area contributed by atoms with Gasteiger partial charge in [-0.2, -0.15) is 18.0 Å². The highest BCUT2D eigenvalue weighted by molar-refractivity contribution is 6.37. The van der Waals surface area contributed by atoms with E-state index in [4.69, 9.17) is 26.6 Å². The molecule has 0 saturated carbocycles. The third-order valence-corrected chi connectivity index (χ3v) is 4.79. The van der Waals surface area contributed by atoms with Gasteiger partial charge in [-0.15, -0.1) is 0 Å². The van der Waals surface area contributed by atoms with Crippen LogP contribution in [0.1, 0.15) is 12.5 Å². The van der Waals surface area contributed by atoms with Gasteiger partial charge in [0, 0.05) is 13.1 Å². The molecule has 0 fully saturated rings. The zero-order chi connectivity index (χ0) is 23.1. The molecule has 3 rings (SSSR count). The molecule has 0 saturated heterocycles. The number of ketones is 1. The van der Waals surface area contributed by atoms with Crippen LogP contribution >= 0.6 is 11.6 Å². The summed E-state index contributed by atoms with van der Waals surface area (Å²) in [4.78, 5) is 28.5. The van der Waals surface area contributed by atoms with Crippen molar-refractivity contribution >= 4 is 35.2 Å². The average Bonchev–Trinajstić information content (AvgIpc) is 2.68. The van der Waals surface area contributed by atoms with Gasteiger partial charge >= 0.3 is 12.4 Å². The standard InChI is InChI=1S/C19H12ClF4N3O4/c1-18(15(28)8-26-25)17(29)27(2)13-4-3-10(7-14(13)31-18)30-16-11(20)5-9(6-12(16)21)19(22,23)24/h3-8H,1-2H3. The first-order chi connectivity index (χ1) is 14.4. The van der Waals surface area contributed by atoms with Crippen molar-refractivity contribution < 1.29 is 41.4 Å². The van der Waals surface area contributed by atoms with Crippen molar-refractivity contribution in [1.29, 1.82) is 0 Å². The molecule has 1 heterocycles. The number of benzene rings is 2. The van der Waals surface area contributed by atoms with Crippen LogP contribution in [0.5, 0.6) is 17.2 Å². The number of hydrogen-bond donors (Lipinski definition) is 0. The Labute approximate surface area is 177 Å². The summed E-state index contributed by atoms with van der Waals surface area (Å²) >= 11 is 5.77. The number of amides is 1. The molecule has 2 aromatic carbocycles. The normalized spacial score (nSPS) is 18.0. The number of rotatable bonds is 4. The molecule has 0 aromatic heterocycles. The van der Waals surface area contributed by atoms with Crippen molar-refractivity contribution in [2.45, 2.75) is 18.7 Å². The van der Waals surface area contributed by atoms with E-state index in [9.17, 15) is 27.2 Å². The molecular weight excluding hydrogens is 446 g/mol. The highest BCUT2D eigenvalue weighted by Gasteiger charge is 2.50. The van der Waals surface area contributed by atoms with Crippen LogP contribution in [0.3, 0.4) is 0 Å². The first-order valence-corrected chi connectivity index (χ1v) is 8.83. The van der Waals surface area contributed by atoms with Gasteiger partial charge in [0.1, 0.15) is 11.5 Å². The Morgan fingerprint density at radius 1 is 1.32 bits per heavy atom. The third kappa shape index (κ3) is 3.97. The summed E-state index contributed by atoms with van der Waals surface area (Å²) < 4.78 is 63.4. The maximum absolute atomic E-state index is 14.2. The van der Waals surface area contributed by atoms with Crippen molar-refractivity contribution in [3.8, 4) is 17.2 Å². The van der Waals surface area contributed by atoms with E-state index in [1.54, 1.807) is 0 Å². The molecule has 1 atom stereocenters. The van der Waals surface area contributed by atoms with Crippen molar-refractivity contribution in [3.05, 3.63) is 52.3 Å². The molecule has 12 heteroatoms. The van der Waals surface area contributed by atoms with Crippen molar-refractivity contribution in [2.75, 3.05) is 11.9 Å². The monoisotopic (exact) mass is 457 g/mol. The van der Waals surface area contributed by atoms with E-state index in [0.717, 1.165) is 4.90 Å². The van der Waals surface area contributed by atoms with Crippen LogP contribution in [-0.2, 0) is 15.8 Å². The van der Waals surface area contributed by atoms with Crippen molar-refractivity contribution in [2.24, 2.45) is 0 Å². The number of likely N-dealkylation sites (N-methyl/N-ethyl adjacent to an activating group) is 1. The molecule has 0 N–H and O–H groups in total. The van der Waals surface area contributed by atoms with E-state index in [0.29, 0.717) is 12.3 Å². The lowest BCUT2D eigenvalue weighted by Crippen LogP contribution is -2.58. The largest absolute Gasteiger partial charge is 0.467 e. The summed E-state index contributed by atoms with van der Waals surface area (Å²) in [7, 11) is 1.37. The fourth-order valence-electron chi connectivity index (χ4n) is 2.88. The molecule has 31 heavy (non-hydrogen) atoms. The van der Waals surface area contributed by atoms with Crippen molar-refractivity contribution in [3.63, 3.8) is 0 Å². The SMILES string of the molecule is CN1C(=O)C(C)(C(=O)C=[N+]=[N-])Oc2cc(Oc3c(F)cc(C(F)(F)F)cc3Cl)ccc21. The number of carbonyl (C=O) groups excluding carboxylic acids is 2. The molecule has 0 aliphatic carbocycles. The van der Waals surface area contributed by atoms with Crippen LogP contribution in [0.4, 0.5) is 23.2 Å². The molecule has 2 aromatic rings. The van der Waals surface area contributed by atoms with Gasteiger partial charge in [0.2, 0.25) is 0 Å². The highest BCUT2D eigenvalue weighted by Crippen LogP contribution is 2.43. The fraction of sp³-hybridized carbons (Fsp3) is 0.211. The lowest BCUT2D eigenvalue weighted by atomic mass is 9.97. The molecule has 0 spiro atoms. The van der Waals surface area contributed by atoms with Gasteiger partial charge in [0.05, 0.1) is 16.3 Å². The van der Waals surface area contributed by atoms with Crippen LogP contribution in [0.15, 0.2) is 30.3 Å². The smallest absolute Gasteiger partial charge is 0.416 e. The number of nitrogens with zero attached hydrogens (tertiary/aromatic N) is 3. The molecule has 162 valence electrons. The predicted molar refractivity (Wildman–Crippen MR) is 100 cm³/mol. The number of hydrogen-bond acceptors (Lipinski definition) is 4. The van der Waals surface area contributed by atoms with Gasteiger partial charge in [-0.3, -0.25) is 9.59 Å². The zero-order valence-corrected chi connectivity index (χ0v) is 16.6. The van der Waals surface area contributed by atoms with E-state index in [1.165, 1.54) is 32.2 Å². The topological polar surface area (TPSA) is 92.2 Å². The Morgan fingerprint density at radius 3 is 2.58 bits per heavy atom. The number of alkyl halides is 3. The van der Waals surface area contributed by atoms with Gasteiger partial charge in [0.25, 0.3) is 17.3 Å². The summed E-state index contributed by atoms with van der Waals surface area (Å²) in [5.41, 5.74) is 5.49. The molecule has 1 unspecified atom stereocenters. The zero-order valence-electron chi connectivity index (χ0n) is 15.8. The number of Topliss-reactive ketones (excluding diaryl/α,β-unsaturated/α-hetero) is 1. The third-order valence-electron chi connectivity index (χ3n) is 4.51. The first kappa shape index (κ1) is 22.3. The minimum Gasteiger partial charge on any atom is -0.467 e. The van der Waals surface area contributed by atoms with Gasteiger partial charge in [-0.1, -0.05) is 11.6 Å². The molecular formula is C19H12ClF4N3O4. The predicted octanol–water partition coefficient (Wildman–Crippen LogP) is 4.27. The minimum absolute atomic E-state index is 0.0229. The van der Waals surface area contributed by atoms with E-state index < -0.39 is 45.6 Å². The maximum Gasteiger partial charge on any atom is 0.416 e. The second-order valence-electron chi connectivity index (χ2n) is 6.61. The molecule has 0 radical (unpaired) electrons. The summed E-state index contributed by atoms with van der Waals surface area (Å²) in [6.45, 7) is 1.17. The summed E-state index contributed by atoms with van der Waals surface area (Å²) in [5, 5.41) is -0.613. The van der Waals surface area contributed by atoms with Gasteiger partial charge in [-0.25, -0.2) is 4.39 Å². The second-order valence-corrected chi connectivity index (χ2v) is 7.01. The lowest BCUT2D eigenvalue weighted by Gasteiger charge is -2.36. The Kier molecular flexibility index (Phi) is 5.51. The van der Waals surface area contributed by atoms with Crippen LogP contribution in [0.25, 0.3) is 5.53 Å². The lowest BCUT2D eigenvalue weighted by molar-refractivity contribution is -0.144. The maximum atomic E-state index is 14.2. The number of fused-ring (bicyclic) bond motifs is 1. The Bertz CT molecular complexity index is 1120. The summed E-state index contributed by atoms with van der Waals surface area (Å²) in [6.07, 6.45) is -4.29. The molecule has 0 bridgehead atoms. The number of carbonyl (C=O) groups is 2. The minimum atomic E-state index is -4.80. The van der Waals surface area contributed by atoms with Gasteiger partial charge in [0.15, 0.2) is 11.6 Å². The summed E-state index contributed by atoms with van der Waals surface area (Å²) in [5.74, 6) is -3.79. The Morgan fingerprint density at radius 2 is 2.00 bits per heavy atom. The number of anilines is 1. The van der Waals surface area contributed by atoms with Crippen LogP contribution in [0.2, 0.25) is 5.02 Å². The van der Waals surface area contributed by atoms with Gasteiger partial charge < -0.3 is 19.9 Å². The first-order valence-electron chi connectivity index (χ1n) is 8.45. The molecule has 1 aliphatic rings. The van der Waals surface area contributed by atoms with Crippen molar-refractivity contribution in [1.82, 2.24) is 0 Å². The quantitative estimate of drug-likeness (QED) is 0.225. The number of ether oxygens (including phenoxy) is 2. The Balaban J connectivity index is 1.99. The van der Waals surface area contributed by atoms with E-state index >= 15 is 0 Å². The highest BCUT2D eigenvalue weighted by atomic mass is 35.5. The summed E-state index contributed by atoms with van der Waals surface area (Å²) in [6, 6.07) is 4.63. The van der Waals surface area contributed by atoms with E-state index in [1.807, 2.05) is 0 Å². The number of halogens is 5. The van der Waals surface area contributed by atoms with E-state index in [-0.39, 0.29) is 23.3 Å². The second kappa shape index (κ2) is 7.68. The van der Waals surface area contributed by atoms with E-state index in [2.05, 4.69) is 4.79 Å². The Hall–Kier alpha value is -3.43.